The largest absolute Gasteiger partial charge is 0.450 e. The summed E-state index contributed by atoms with van der Waals surface area (Å²) in [4.78, 5) is 20.0. The smallest absolute Gasteiger partial charge is 0.409 e. The standard InChI is InChI=1S/C19H23N3O3/c1-2-24-19(23)22-13-11-21(12-14-22)15-16-6-8-17(9-7-16)25-18-5-3-4-10-20-18/h3-10H,2,11-15H2,1H3. The molecule has 25 heavy (non-hydrogen) atoms. The lowest BCUT2D eigenvalue weighted by molar-refractivity contribution is 0.0778. The van der Waals surface area contributed by atoms with E-state index in [9.17, 15) is 4.79 Å². The first-order chi connectivity index (χ1) is 12.2. The third kappa shape index (κ3) is 4.93. The number of aromatic nitrogens is 1. The van der Waals surface area contributed by atoms with Crippen molar-refractivity contribution in [3.8, 4) is 11.6 Å². The molecule has 0 aliphatic carbocycles. The van der Waals surface area contributed by atoms with Gasteiger partial charge in [-0.05, 0) is 30.7 Å². The molecule has 0 atom stereocenters. The highest BCUT2D eigenvalue weighted by atomic mass is 16.6. The molecule has 1 amide bonds. The van der Waals surface area contributed by atoms with Gasteiger partial charge < -0.3 is 14.4 Å². The molecule has 1 aliphatic heterocycles. The molecule has 0 bridgehead atoms. The molecule has 1 fully saturated rings. The van der Waals surface area contributed by atoms with Gasteiger partial charge in [-0.3, -0.25) is 4.90 Å². The van der Waals surface area contributed by atoms with Gasteiger partial charge in [0.05, 0.1) is 6.61 Å². The molecule has 0 spiro atoms. The molecule has 1 aromatic heterocycles. The van der Waals surface area contributed by atoms with Gasteiger partial charge in [0, 0.05) is 45.0 Å². The first-order valence-corrected chi connectivity index (χ1v) is 8.56. The quantitative estimate of drug-likeness (QED) is 0.836. The lowest BCUT2D eigenvalue weighted by Gasteiger charge is -2.34. The van der Waals surface area contributed by atoms with Crippen LogP contribution in [0, 0.1) is 0 Å². The molecule has 3 rings (SSSR count). The summed E-state index contributed by atoms with van der Waals surface area (Å²) in [7, 11) is 0. The summed E-state index contributed by atoms with van der Waals surface area (Å²) < 4.78 is 10.8. The van der Waals surface area contributed by atoms with Crippen LogP contribution >= 0.6 is 0 Å². The Labute approximate surface area is 148 Å². The van der Waals surface area contributed by atoms with Crippen molar-refractivity contribution in [2.24, 2.45) is 0 Å². The first-order valence-electron chi connectivity index (χ1n) is 8.56. The van der Waals surface area contributed by atoms with Crippen LogP contribution in [0.5, 0.6) is 11.6 Å². The first kappa shape index (κ1) is 17.2. The van der Waals surface area contributed by atoms with Gasteiger partial charge in [-0.15, -0.1) is 0 Å². The minimum Gasteiger partial charge on any atom is -0.450 e. The van der Waals surface area contributed by atoms with Gasteiger partial charge in [0.2, 0.25) is 5.88 Å². The number of hydrogen-bond donors (Lipinski definition) is 0. The van der Waals surface area contributed by atoms with Crippen LogP contribution in [0.15, 0.2) is 48.7 Å². The van der Waals surface area contributed by atoms with Crippen LogP contribution in [0.3, 0.4) is 0 Å². The highest BCUT2D eigenvalue weighted by molar-refractivity contribution is 5.67. The lowest BCUT2D eigenvalue weighted by Crippen LogP contribution is -2.48. The van der Waals surface area contributed by atoms with Gasteiger partial charge >= 0.3 is 6.09 Å². The molecule has 0 N–H and O–H groups in total. The van der Waals surface area contributed by atoms with E-state index in [1.807, 2.05) is 37.3 Å². The average molecular weight is 341 g/mol. The Morgan fingerprint density at radius 3 is 2.48 bits per heavy atom. The summed E-state index contributed by atoms with van der Waals surface area (Å²) in [5.74, 6) is 1.36. The van der Waals surface area contributed by atoms with Crippen LogP contribution in [0.1, 0.15) is 12.5 Å². The molecule has 6 nitrogen and oxygen atoms in total. The molecular weight excluding hydrogens is 318 g/mol. The molecule has 2 aromatic rings. The summed E-state index contributed by atoms with van der Waals surface area (Å²) in [5.41, 5.74) is 1.22. The third-order valence-corrected chi connectivity index (χ3v) is 4.09. The van der Waals surface area contributed by atoms with E-state index < -0.39 is 0 Å². The minimum absolute atomic E-state index is 0.210. The monoisotopic (exact) mass is 341 g/mol. The second-order valence-corrected chi connectivity index (χ2v) is 5.88. The van der Waals surface area contributed by atoms with Gasteiger partial charge in [0.25, 0.3) is 0 Å². The Kier molecular flexibility index (Phi) is 5.85. The van der Waals surface area contributed by atoms with Gasteiger partial charge in [-0.25, -0.2) is 9.78 Å². The van der Waals surface area contributed by atoms with Crippen molar-refractivity contribution in [2.75, 3.05) is 32.8 Å². The zero-order chi connectivity index (χ0) is 17.5. The highest BCUT2D eigenvalue weighted by Crippen LogP contribution is 2.20. The topological polar surface area (TPSA) is 54.9 Å². The molecule has 132 valence electrons. The minimum atomic E-state index is -0.210. The molecule has 1 saturated heterocycles. The van der Waals surface area contributed by atoms with Crippen LogP contribution in [-0.4, -0.2) is 53.7 Å². The Bertz CT molecular complexity index is 668. The van der Waals surface area contributed by atoms with Crippen molar-refractivity contribution in [1.82, 2.24) is 14.8 Å². The second kappa shape index (κ2) is 8.48. The zero-order valence-electron chi connectivity index (χ0n) is 14.4. The number of hydrogen-bond acceptors (Lipinski definition) is 5. The van der Waals surface area contributed by atoms with Gasteiger partial charge in [-0.1, -0.05) is 18.2 Å². The molecule has 0 radical (unpaired) electrons. The van der Waals surface area contributed by atoms with E-state index in [1.54, 1.807) is 11.1 Å². The molecule has 0 saturated carbocycles. The van der Waals surface area contributed by atoms with E-state index in [2.05, 4.69) is 22.0 Å². The number of rotatable bonds is 5. The fourth-order valence-corrected chi connectivity index (χ4v) is 2.75. The number of pyridine rings is 1. The Morgan fingerprint density at radius 2 is 1.84 bits per heavy atom. The summed E-state index contributed by atoms with van der Waals surface area (Å²) in [6.07, 6.45) is 1.50. The van der Waals surface area contributed by atoms with E-state index >= 15 is 0 Å². The van der Waals surface area contributed by atoms with Gasteiger partial charge in [-0.2, -0.15) is 0 Å². The van der Waals surface area contributed by atoms with E-state index in [0.29, 0.717) is 25.6 Å². The van der Waals surface area contributed by atoms with Crippen molar-refractivity contribution >= 4 is 6.09 Å². The number of nitrogens with zero attached hydrogens (tertiary/aromatic N) is 3. The maximum absolute atomic E-state index is 11.7. The third-order valence-electron chi connectivity index (χ3n) is 4.09. The average Bonchev–Trinajstić information content (AvgIpc) is 2.65. The lowest BCUT2D eigenvalue weighted by atomic mass is 10.2. The Morgan fingerprint density at radius 1 is 1.08 bits per heavy atom. The van der Waals surface area contributed by atoms with Crippen molar-refractivity contribution in [1.29, 1.82) is 0 Å². The molecule has 1 aromatic carbocycles. The Balaban J connectivity index is 1.48. The van der Waals surface area contributed by atoms with Crippen molar-refractivity contribution < 1.29 is 14.3 Å². The highest BCUT2D eigenvalue weighted by Gasteiger charge is 2.21. The molecule has 0 unspecified atom stereocenters. The number of carbonyl (C=O) groups excluding carboxylic acids is 1. The van der Waals surface area contributed by atoms with Crippen LogP contribution in [0.4, 0.5) is 4.79 Å². The normalized spacial score (nSPS) is 15.0. The summed E-state index contributed by atoms with van der Waals surface area (Å²) in [5, 5.41) is 0. The number of amides is 1. The number of ether oxygens (including phenoxy) is 2. The SMILES string of the molecule is CCOC(=O)N1CCN(Cc2ccc(Oc3ccccn3)cc2)CC1. The van der Waals surface area contributed by atoms with Crippen LogP contribution < -0.4 is 4.74 Å². The zero-order valence-corrected chi connectivity index (χ0v) is 14.4. The second-order valence-electron chi connectivity index (χ2n) is 5.88. The number of benzene rings is 1. The van der Waals surface area contributed by atoms with Crippen LogP contribution in [0.2, 0.25) is 0 Å². The maximum Gasteiger partial charge on any atom is 0.409 e. The summed E-state index contributed by atoms with van der Waals surface area (Å²) >= 11 is 0. The fourth-order valence-electron chi connectivity index (χ4n) is 2.75. The Hall–Kier alpha value is -2.60. The molecular formula is C19H23N3O3. The molecule has 2 heterocycles. The molecule has 6 heteroatoms. The maximum atomic E-state index is 11.7. The van der Waals surface area contributed by atoms with Crippen LogP contribution in [-0.2, 0) is 11.3 Å². The van der Waals surface area contributed by atoms with Gasteiger partial charge in [0.1, 0.15) is 5.75 Å². The van der Waals surface area contributed by atoms with Gasteiger partial charge in [0.15, 0.2) is 0 Å². The van der Waals surface area contributed by atoms with E-state index in [1.165, 1.54) is 5.56 Å². The van der Waals surface area contributed by atoms with Crippen molar-refractivity contribution in [3.63, 3.8) is 0 Å². The van der Waals surface area contributed by atoms with E-state index in [4.69, 9.17) is 9.47 Å². The van der Waals surface area contributed by atoms with Crippen molar-refractivity contribution in [2.45, 2.75) is 13.5 Å². The van der Waals surface area contributed by atoms with Crippen LogP contribution in [0.25, 0.3) is 0 Å². The number of carbonyl (C=O) groups is 1. The fraction of sp³-hybridized carbons (Fsp3) is 0.368. The summed E-state index contributed by atoms with van der Waals surface area (Å²) in [6.45, 7) is 6.23. The summed E-state index contributed by atoms with van der Waals surface area (Å²) in [6, 6.07) is 13.6. The van der Waals surface area contributed by atoms with Crippen molar-refractivity contribution in [3.05, 3.63) is 54.2 Å². The van der Waals surface area contributed by atoms with E-state index in [0.717, 1.165) is 25.4 Å². The number of piperazine rings is 1. The molecule has 1 aliphatic rings. The van der Waals surface area contributed by atoms with E-state index in [-0.39, 0.29) is 6.09 Å². The predicted octanol–water partition coefficient (Wildman–Crippen LogP) is 3.15. The predicted molar refractivity (Wildman–Crippen MR) is 94.6 cm³/mol.